The number of likely N-dealkylation sites (N-methyl/N-ethyl adjacent to an activating group) is 1. The van der Waals surface area contributed by atoms with E-state index in [-0.39, 0.29) is 5.69 Å². The fourth-order valence-corrected chi connectivity index (χ4v) is 1.39. The summed E-state index contributed by atoms with van der Waals surface area (Å²) in [5.74, 6) is 0.336. The summed E-state index contributed by atoms with van der Waals surface area (Å²) in [6.45, 7) is 5.67. The van der Waals surface area contributed by atoms with Gasteiger partial charge in [0.2, 0.25) is 0 Å². The SMILES string of the molecule is CCNCCOc1cccc(C)c1[N+](=O)[O-]. The molecule has 0 aromatic heterocycles. The van der Waals surface area contributed by atoms with E-state index in [0.29, 0.717) is 24.5 Å². The highest BCUT2D eigenvalue weighted by Crippen LogP contribution is 2.29. The predicted octanol–water partition coefficient (Wildman–Crippen LogP) is 1.89. The van der Waals surface area contributed by atoms with Crippen molar-refractivity contribution in [2.24, 2.45) is 0 Å². The van der Waals surface area contributed by atoms with Crippen molar-refractivity contribution in [1.29, 1.82) is 0 Å². The Hall–Kier alpha value is -1.62. The smallest absolute Gasteiger partial charge is 0.313 e. The predicted molar refractivity (Wildman–Crippen MR) is 61.9 cm³/mol. The lowest BCUT2D eigenvalue weighted by Crippen LogP contribution is -2.20. The first-order valence-corrected chi connectivity index (χ1v) is 5.24. The minimum Gasteiger partial charge on any atom is -0.485 e. The van der Waals surface area contributed by atoms with Crippen molar-refractivity contribution >= 4 is 5.69 Å². The third-order valence-corrected chi connectivity index (χ3v) is 2.17. The van der Waals surface area contributed by atoms with Gasteiger partial charge in [0.05, 0.1) is 4.92 Å². The number of para-hydroxylation sites is 1. The maximum atomic E-state index is 10.8. The van der Waals surface area contributed by atoms with Crippen molar-refractivity contribution < 1.29 is 9.66 Å². The Bertz CT molecular complexity index is 366. The molecule has 0 fully saturated rings. The van der Waals surface area contributed by atoms with Crippen LogP contribution in [0.25, 0.3) is 0 Å². The molecular weight excluding hydrogens is 208 g/mol. The summed E-state index contributed by atoms with van der Waals surface area (Å²) in [6, 6.07) is 5.08. The van der Waals surface area contributed by atoms with Crippen molar-refractivity contribution in [3.8, 4) is 5.75 Å². The number of nitro benzene ring substituents is 1. The molecule has 1 N–H and O–H groups in total. The molecule has 0 aliphatic carbocycles. The first-order valence-electron chi connectivity index (χ1n) is 5.24. The first-order chi connectivity index (χ1) is 7.66. The molecule has 0 aliphatic rings. The molecule has 0 saturated carbocycles. The minimum absolute atomic E-state index is 0.0546. The van der Waals surface area contributed by atoms with E-state index in [4.69, 9.17) is 4.74 Å². The number of nitro groups is 1. The van der Waals surface area contributed by atoms with E-state index in [1.807, 2.05) is 6.92 Å². The minimum atomic E-state index is -0.405. The standard InChI is InChI=1S/C11H16N2O3/c1-3-12-7-8-16-10-6-4-5-9(2)11(10)13(14)15/h4-6,12H,3,7-8H2,1-2H3. The van der Waals surface area contributed by atoms with E-state index in [1.54, 1.807) is 25.1 Å². The van der Waals surface area contributed by atoms with Gasteiger partial charge in [0.1, 0.15) is 6.61 Å². The van der Waals surface area contributed by atoms with Crippen LogP contribution in [0.5, 0.6) is 5.75 Å². The molecule has 5 heteroatoms. The average molecular weight is 224 g/mol. The van der Waals surface area contributed by atoms with Crippen LogP contribution >= 0.6 is 0 Å². The molecule has 0 amide bonds. The lowest BCUT2D eigenvalue weighted by molar-refractivity contribution is -0.386. The van der Waals surface area contributed by atoms with Crippen molar-refractivity contribution in [2.45, 2.75) is 13.8 Å². The van der Waals surface area contributed by atoms with Gasteiger partial charge in [-0.25, -0.2) is 0 Å². The van der Waals surface area contributed by atoms with E-state index in [0.717, 1.165) is 6.54 Å². The fourth-order valence-electron chi connectivity index (χ4n) is 1.39. The molecule has 1 aromatic rings. The molecule has 0 aliphatic heterocycles. The maximum Gasteiger partial charge on any atom is 0.313 e. The van der Waals surface area contributed by atoms with Crippen LogP contribution in [0.1, 0.15) is 12.5 Å². The lowest BCUT2D eigenvalue weighted by Gasteiger charge is -2.08. The van der Waals surface area contributed by atoms with Crippen molar-refractivity contribution in [3.05, 3.63) is 33.9 Å². The van der Waals surface area contributed by atoms with Gasteiger partial charge >= 0.3 is 5.69 Å². The second-order valence-electron chi connectivity index (χ2n) is 3.38. The van der Waals surface area contributed by atoms with Crippen LogP contribution < -0.4 is 10.1 Å². The van der Waals surface area contributed by atoms with E-state index >= 15 is 0 Å². The number of ether oxygens (including phenoxy) is 1. The number of rotatable bonds is 6. The second-order valence-corrected chi connectivity index (χ2v) is 3.38. The quantitative estimate of drug-likeness (QED) is 0.455. The Morgan fingerprint density at radius 3 is 2.88 bits per heavy atom. The van der Waals surface area contributed by atoms with E-state index < -0.39 is 4.92 Å². The topological polar surface area (TPSA) is 64.4 Å². The number of nitrogens with zero attached hydrogens (tertiary/aromatic N) is 1. The van der Waals surface area contributed by atoms with Crippen molar-refractivity contribution in [3.63, 3.8) is 0 Å². The van der Waals surface area contributed by atoms with Gasteiger partial charge in [0.15, 0.2) is 5.75 Å². The molecule has 5 nitrogen and oxygen atoms in total. The van der Waals surface area contributed by atoms with Gasteiger partial charge in [0, 0.05) is 12.1 Å². The van der Waals surface area contributed by atoms with Crippen molar-refractivity contribution in [1.82, 2.24) is 5.32 Å². The normalized spacial score (nSPS) is 10.1. The first kappa shape index (κ1) is 12.4. The van der Waals surface area contributed by atoms with Gasteiger partial charge in [-0.15, -0.1) is 0 Å². The summed E-state index contributed by atoms with van der Waals surface area (Å²) in [7, 11) is 0. The molecule has 0 unspecified atom stereocenters. The second kappa shape index (κ2) is 6.07. The largest absolute Gasteiger partial charge is 0.485 e. The molecule has 0 saturated heterocycles. The highest BCUT2D eigenvalue weighted by molar-refractivity contribution is 5.51. The molecule has 16 heavy (non-hydrogen) atoms. The van der Waals surface area contributed by atoms with E-state index in [2.05, 4.69) is 5.32 Å². The number of aryl methyl sites for hydroxylation is 1. The van der Waals surface area contributed by atoms with Crippen LogP contribution in [0.15, 0.2) is 18.2 Å². The Morgan fingerprint density at radius 1 is 1.50 bits per heavy atom. The van der Waals surface area contributed by atoms with Gasteiger partial charge in [-0.05, 0) is 19.5 Å². The Kier molecular flexibility index (Phi) is 4.72. The number of hydrogen-bond acceptors (Lipinski definition) is 4. The summed E-state index contributed by atoms with van der Waals surface area (Å²) in [5, 5.41) is 13.9. The van der Waals surface area contributed by atoms with E-state index in [1.165, 1.54) is 0 Å². The maximum absolute atomic E-state index is 10.8. The Balaban J connectivity index is 2.71. The molecule has 88 valence electrons. The zero-order chi connectivity index (χ0) is 12.0. The molecule has 0 radical (unpaired) electrons. The molecule has 1 rings (SSSR count). The molecule has 0 heterocycles. The van der Waals surface area contributed by atoms with Crippen molar-refractivity contribution in [2.75, 3.05) is 19.7 Å². The zero-order valence-electron chi connectivity index (χ0n) is 9.53. The van der Waals surface area contributed by atoms with E-state index in [9.17, 15) is 10.1 Å². The van der Waals surface area contributed by atoms with Crippen LogP contribution in [0.2, 0.25) is 0 Å². The lowest BCUT2D eigenvalue weighted by atomic mass is 10.2. The Morgan fingerprint density at radius 2 is 2.25 bits per heavy atom. The molecule has 0 atom stereocenters. The summed E-state index contributed by atoms with van der Waals surface area (Å²) < 4.78 is 5.38. The average Bonchev–Trinajstić information content (AvgIpc) is 2.24. The van der Waals surface area contributed by atoms with Gasteiger partial charge < -0.3 is 10.1 Å². The monoisotopic (exact) mass is 224 g/mol. The van der Waals surface area contributed by atoms with Crippen LogP contribution in [0, 0.1) is 17.0 Å². The summed E-state index contributed by atoms with van der Waals surface area (Å²) >= 11 is 0. The van der Waals surface area contributed by atoms with Crippen LogP contribution in [-0.2, 0) is 0 Å². The number of hydrogen-bond donors (Lipinski definition) is 1. The zero-order valence-corrected chi connectivity index (χ0v) is 9.53. The molecule has 0 spiro atoms. The summed E-state index contributed by atoms with van der Waals surface area (Å²) in [4.78, 5) is 10.4. The third-order valence-electron chi connectivity index (χ3n) is 2.17. The van der Waals surface area contributed by atoms with Gasteiger partial charge in [-0.2, -0.15) is 0 Å². The van der Waals surface area contributed by atoms with Crippen LogP contribution in [-0.4, -0.2) is 24.6 Å². The van der Waals surface area contributed by atoms with Crippen LogP contribution in [0.4, 0.5) is 5.69 Å². The summed E-state index contributed by atoms with van der Waals surface area (Å²) in [6.07, 6.45) is 0. The highest BCUT2D eigenvalue weighted by Gasteiger charge is 2.17. The molecule has 0 bridgehead atoms. The van der Waals surface area contributed by atoms with Gasteiger partial charge in [0.25, 0.3) is 0 Å². The molecule has 1 aromatic carbocycles. The van der Waals surface area contributed by atoms with Crippen LogP contribution in [0.3, 0.4) is 0 Å². The Labute approximate surface area is 94.6 Å². The third kappa shape index (κ3) is 3.20. The number of benzene rings is 1. The summed E-state index contributed by atoms with van der Waals surface area (Å²) in [5.41, 5.74) is 0.671. The van der Waals surface area contributed by atoms with Gasteiger partial charge in [-0.1, -0.05) is 19.1 Å². The van der Waals surface area contributed by atoms with Gasteiger partial charge in [-0.3, -0.25) is 10.1 Å². The molecular formula is C11H16N2O3. The highest BCUT2D eigenvalue weighted by atomic mass is 16.6. The number of nitrogens with one attached hydrogen (secondary N) is 1. The fraction of sp³-hybridized carbons (Fsp3) is 0.455.